The largest absolute Gasteiger partial charge is 0.377 e. The Kier molecular flexibility index (Phi) is 8.89. The zero-order valence-corrected chi connectivity index (χ0v) is 23.2. The summed E-state index contributed by atoms with van der Waals surface area (Å²) in [6.45, 7) is 6.89. The third kappa shape index (κ3) is 6.34. The Hall–Kier alpha value is -2.59. The molecule has 2 aromatic heterocycles. The molecule has 3 aromatic rings. The van der Waals surface area contributed by atoms with Crippen LogP contribution in [-0.4, -0.2) is 64.6 Å². The summed E-state index contributed by atoms with van der Waals surface area (Å²) in [4.78, 5) is 28.2. The highest BCUT2D eigenvalue weighted by Gasteiger charge is 2.26. The molecule has 1 unspecified atom stereocenters. The topological polar surface area (TPSA) is 70.6 Å². The van der Waals surface area contributed by atoms with Crippen LogP contribution in [0.5, 0.6) is 0 Å². The first kappa shape index (κ1) is 27.0. The van der Waals surface area contributed by atoms with E-state index in [0.29, 0.717) is 30.7 Å². The molecular weight excluding hydrogens is 525 g/mol. The lowest BCUT2D eigenvalue weighted by Gasteiger charge is -2.29. The fraction of sp³-hybridized carbons (Fsp3) is 0.464. The van der Waals surface area contributed by atoms with Crippen LogP contribution >= 0.6 is 22.9 Å². The first-order chi connectivity index (χ1) is 18.5. The zero-order valence-electron chi connectivity index (χ0n) is 21.6. The standard InChI is InChI=1S/C28H33ClFN5O2S/c1-2-11-34(16-20-6-3-4-14-37-20)12-5-7-25(36)35-13-10-21-24(17-35)38-28-26(21)27(31-18-32-28)33-19-8-9-23(30)22(29)15-19/h5,7-9,15,18,20H,2-4,6,10-14,16-17H2,1H3,(H,31,32,33). The van der Waals surface area contributed by atoms with E-state index in [4.69, 9.17) is 16.3 Å². The summed E-state index contributed by atoms with van der Waals surface area (Å²) in [6, 6.07) is 4.50. The molecule has 0 radical (unpaired) electrons. The first-order valence-corrected chi connectivity index (χ1v) is 14.5. The number of aromatic nitrogens is 2. The lowest BCUT2D eigenvalue weighted by atomic mass is 10.0. The minimum Gasteiger partial charge on any atom is -0.377 e. The SMILES string of the molecule is CCCN(CC=CC(=O)N1CCc2c(sc3ncnc(Nc4ccc(F)c(Cl)c4)c23)C1)CC1CCCCO1. The van der Waals surface area contributed by atoms with Crippen molar-refractivity contribution in [2.45, 2.75) is 51.7 Å². The van der Waals surface area contributed by atoms with Gasteiger partial charge in [0.05, 0.1) is 23.1 Å². The number of hydrogen-bond acceptors (Lipinski definition) is 7. The van der Waals surface area contributed by atoms with Crippen molar-refractivity contribution in [3.63, 3.8) is 0 Å². The summed E-state index contributed by atoms with van der Waals surface area (Å²) >= 11 is 7.54. The van der Waals surface area contributed by atoms with Crippen molar-refractivity contribution in [3.05, 3.63) is 58.0 Å². The minimum absolute atomic E-state index is 0.0313. The van der Waals surface area contributed by atoms with Crippen LogP contribution in [0.25, 0.3) is 10.2 Å². The zero-order chi connectivity index (χ0) is 26.5. The quantitative estimate of drug-likeness (QED) is 0.328. The fourth-order valence-electron chi connectivity index (χ4n) is 5.14. The van der Waals surface area contributed by atoms with Gasteiger partial charge in [-0.1, -0.05) is 24.6 Å². The van der Waals surface area contributed by atoms with Gasteiger partial charge in [0.2, 0.25) is 5.91 Å². The highest BCUT2D eigenvalue weighted by molar-refractivity contribution is 7.19. The molecule has 5 rings (SSSR count). The normalized spacial score (nSPS) is 17.9. The van der Waals surface area contributed by atoms with Crippen LogP contribution < -0.4 is 5.32 Å². The molecule has 2 aliphatic rings. The van der Waals surface area contributed by atoms with Crippen LogP contribution in [-0.2, 0) is 22.5 Å². The maximum absolute atomic E-state index is 13.6. The van der Waals surface area contributed by atoms with E-state index in [1.165, 1.54) is 18.8 Å². The molecular formula is C28H33ClFN5O2S. The van der Waals surface area contributed by atoms with E-state index in [-0.39, 0.29) is 10.9 Å². The summed E-state index contributed by atoms with van der Waals surface area (Å²) < 4.78 is 19.5. The summed E-state index contributed by atoms with van der Waals surface area (Å²) in [7, 11) is 0. The van der Waals surface area contributed by atoms with Crippen molar-refractivity contribution in [2.24, 2.45) is 0 Å². The predicted octanol–water partition coefficient (Wildman–Crippen LogP) is 5.95. The van der Waals surface area contributed by atoms with Gasteiger partial charge in [0.25, 0.3) is 0 Å². The van der Waals surface area contributed by atoms with Crippen LogP contribution in [0.2, 0.25) is 5.02 Å². The Morgan fingerprint density at radius 3 is 3.05 bits per heavy atom. The van der Waals surface area contributed by atoms with E-state index < -0.39 is 5.82 Å². The number of carbonyl (C=O) groups excluding carboxylic acids is 1. The second kappa shape index (κ2) is 12.5. The molecule has 4 heterocycles. The molecule has 38 heavy (non-hydrogen) atoms. The first-order valence-electron chi connectivity index (χ1n) is 13.3. The lowest BCUT2D eigenvalue weighted by Crippen LogP contribution is -2.37. The molecule has 0 aliphatic carbocycles. The summed E-state index contributed by atoms with van der Waals surface area (Å²) in [5.41, 5.74) is 1.82. The van der Waals surface area contributed by atoms with Gasteiger partial charge < -0.3 is 15.0 Å². The average Bonchev–Trinajstić information content (AvgIpc) is 3.30. The maximum Gasteiger partial charge on any atom is 0.246 e. The average molecular weight is 558 g/mol. The van der Waals surface area contributed by atoms with E-state index in [1.54, 1.807) is 29.5 Å². The number of anilines is 2. The Morgan fingerprint density at radius 2 is 2.26 bits per heavy atom. The third-order valence-corrected chi connectivity index (χ3v) is 8.45. The smallest absolute Gasteiger partial charge is 0.246 e. The Morgan fingerprint density at radius 1 is 1.37 bits per heavy atom. The molecule has 0 saturated carbocycles. The van der Waals surface area contributed by atoms with Gasteiger partial charge in [0, 0.05) is 42.9 Å². The molecule has 2 aliphatic heterocycles. The van der Waals surface area contributed by atoms with Crippen molar-refractivity contribution in [1.29, 1.82) is 0 Å². The summed E-state index contributed by atoms with van der Waals surface area (Å²) in [6.07, 6.45) is 10.8. The van der Waals surface area contributed by atoms with Crippen molar-refractivity contribution in [1.82, 2.24) is 19.8 Å². The van der Waals surface area contributed by atoms with Crippen LogP contribution in [0.1, 0.15) is 43.0 Å². The van der Waals surface area contributed by atoms with Crippen LogP contribution in [0.4, 0.5) is 15.9 Å². The van der Waals surface area contributed by atoms with Gasteiger partial charge in [-0.3, -0.25) is 9.69 Å². The molecule has 1 amide bonds. The van der Waals surface area contributed by atoms with Gasteiger partial charge in [-0.15, -0.1) is 11.3 Å². The van der Waals surface area contributed by atoms with Crippen molar-refractivity contribution >= 4 is 50.6 Å². The monoisotopic (exact) mass is 557 g/mol. The number of nitrogens with one attached hydrogen (secondary N) is 1. The maximum atomic E-state index is 13.6. The molecule has 1 aromatic carbocycles. The van der Waals surface area contributed by atoms with Gasteiger partial charge in [-0.05, 0) is 62.4 Å². The highest BCUT2D eigenvalue weighted by Crippen LogP contribution is 2.38. The number of rotatable bonds is 9. The number of ether oxygens (including phenoxy) is 1. The van der Waals surface area contributed by atoms with Crippen molar-refractivity contribution in [2.75, 3.05) is 38.1 Å². The predicted molar refractivity (Wildman–Crippen MR) is 151 cm³/mol. The molecule has 1 fully saturated rings. The van der Waals surface area contributed by atoms with Gasteiger partial charge in [-0.2, -0.15) is 0 Å². The number of hydrogen-bond donors (Lipinski definition) is 1. The van der Waals surface area contributed by atoms with E-state index in [1.807, 2.05) is 11.0 Å². The Balaban J connectivity index is 1.24. The van der Waals surface area contributed by atoms with Crippen LogP contribution in [0.3, 0.4) is 0 Å². The molecule has 0 bridgehead atoms. The van der Waals surface area contributed by atoms with E-state index in [0.717, 1.165) is 72.6 Å². The molecule has 7 nitrogen and oxygen atoms in total. The fourth-order valence-corrected chi connectivity index (χ4v) is 6.53. The van der Waals surface area contributed by atoms with Gasteiger partial charge in [-0.25, -0.2) is 14.4 Å². The molecule has 1 N–H and O–H groups in total. The number of carbonyl (C=O) groups is 1. The number of fused-ring (bicyclic) bond motifs is 3. The number of amides is 1. The Labute approximate surface area is 231 Å². The molecule has 1 saturated heterocycles. The molecule has 1 atom stereocenters. The van der Waals surface area contributed by atoms with E-state index >= 15 is 0 Å². The number of benzene rings is 1. The third-order valence-electron chi connectivity index (χ3n) is 7.03. The lowest BCUT2D eigenvalue weighted by molar-refractivity contribution is -0.126. The number of thiophene rings is 1. The highest BCUT2D eigenvalue weighted by atomic mass is 35.5. The molecule has 0 spiro atoms. The van der Waals surface area contributed by atoms with Gasteiger partial charge >= 0.3 is 0 Å². The minimum atomic E-state index is -0.465. The van der Waals surface area contributed by atoms with Crippen molar-refractivity contribution < 1.29 is 13.9 Å². The summed E-state index contributed by atoms with van der Waals surface area (Å²) in [5, 5.41) is 4.27. The van der Waals surface area contributed by atoms with Gasteiger partial charge in [0.15, 0.2) is 0 Å². The second-order valence-corrected chi connectivity index (χ2v) is 11.3. The Bertz CT molecular complexity index is 1310. The number of nitrogens with zero attached hydrogens (tertiary/aromatic N) is 4. The van der Waals surface area contributed by atoms with Crippen LogP contribution in [0.15, 0.2) is 36.7 Å². The van der Waals surface area contributed by atoms with Crippen LogP contribution in [0, 0.1) is 5.82 Å². The van der Waals surface area contributed by atoms with E-state index in [9.17, 15) is 9.18 Å². The van der Waals surface area contributed by atoms with Crippen molar-refractivity contribution in [3.8, 4) is 0 Å². The number of halogens is 2. The van der Waals surface area contributed by atoms with E-state index in [2.05, 4.69) is 27.1 Å². The van der Waals surface area contributed by atoms with Gasteiger partial charge in [0.1, 0.15) is 22.8 Å². The molecule has 10 heteroatoms. The molecule has 202 valence electrons. The second-order valence-electron chi connectivity index (χ2n) is 9.82. The summed E-state index contributed by atoms with van der Waals surface area (Å²) in [5.74, 6) is 0.227.